The first-order valence-corrected chi connectivity index (χ1v) is 13.5. The Kier molecular flexibility index (Phi) is 9.42. The highest BCUT2D eigenvalue weighted by atomic mass is 16.6. The van der Waals surface area contributed by atoms with Crippen molar-refractivity contribution in [3.63, 3.8) is 0 Å². The number of hydrogen-bond donors (Lipinski definition) is 1. The number of alkyl carbamates (subject to hydrolysis) is 1. The van der Waals surface area contributed by atoms with Crippen molar-refractivity contribution in [1.82, 2.24) is 5.32 Å². The third-order valence-corrected chi connectivity index (χ3v) is 6.29. The van der Waals surface area contributed by atoms with Crippen LogP contribution in [-0.4, -0.2) is 29.7 Å². The smallest absolute Gasteiger partial charge is 0.408 e. The van der Waals surface area contributed by atoms with Crippen molar-refractivity contribution in [2.45, 2.75) is 58.8 Å². The molecule has 1 aromatic heterocycles. The minimum Gasteiger partial charge on any atom is -0.461 e. The van der Waals surface area contributed by atoms with E-state index < -0.39 is 41.7 Å². The molecule has 218 valence electrons. The Morgan fingerprint density at radius 3 is 2.19 bits per heavy atom. The van der Waals surface area contributed by atoms with Crippen LogP contribution in [-0.2, 0) is 32.1 Å². The highest BCUT2D eigenvalue weighted by Gasteiger charge is 2.29. The molecule has 3 aromatic carbocycles. The summed E-state index contributed by atoms with van der Waals surface area (Å²) in [6, 6.07) is 21.9. The zero-order valence-corrected chi connectivity index (χ0v) is 24.0. The second-order valence-electron chi connectivity index (χ2n) is 10.8. The molecular weight excluding hydrogens is 538 g/mol. The van der Waals surface area contributed by atoms with Gasteiger partial charge in [0.25, 0.3) is 0 Å². The minimum atomic E-state index is -1.40. The van der Waals surface area contributed by atoms with Crippen molar-refractivity contribution in [3.8, 4) is 5.75 Å². The zero-order chi connectivity index (χ0) is 30.3. The van der Waals surface area contributed by atoms with Gasteiger partial charge < -0.3 is 23.9 Å². The molecule has 0 aliphatic rings. The number of carbonyl (C=O) groups excluding carboxylic acids is 3. The summed E-state index contributed by atoms with van der Waals surface area (Å²) in [7, 11) is 0. The quantitative estimate of drug-likeness (QED) is 0.156. The fourth-order valence-corrected chi connectivity index (χ4v) is 4.24. The molecule has 1 atom stereocenters. The minimum absolute atomic E-state index is 0.00317. The molecule has 42 heavy (non-hydrogen) atoms. The average molecular weight is 572 g/mol. The van der Waals surface area contributed by atoms with Gasteiger partial charge in [-0.05, 0) is 56.5 Å². The monoisotopic (exact) mass is 571 g/mol. The van der Waals surface area contributed by atoms with E-state index in [1.54, 1.807) is 45.0 Å². The van der Waals surface area contributed by atoms with Gasteiger partial charge in [-0.15, -0.1) is 0 Å². The second-order valence-corrected chi connectivity index (χ2v) is 10.8. The molecule has 0 aliphatic heterocycles. The lowest BCUT2D eigenvalue weighted by Gasteiger charge is -2.22. The molecule has 0 unspecified atom stereocenters. The van der Waals surface area contributed by atoms with E-state index in [0.29, 0.717) is 17.4 Å². The van der Waals surface area contributed by atoms with Crippen LogP contribution in [0.2, 0.25) is 0 Å². The number of hydrogen-bond acceptors (Lipinski definition) is 8. The number of nitrogens with one attached hydrogen (secondary N) is 1. The molecule has 0 bridgehead atoms. The Hall–Kier alpha value is -4.92. The van der Waals surface area contributed by atoms with Gasteiger partial charge in [-0.25, -0.2) is 14.4 Å². The molecule has 1 N–H and O–H groups in total. The summed E-state index contributed by atoms with van der Waals surface area (Å²) in [6.45, 7) is 6.85. The van der Waals surface area contributed by atoms with Gasteiger partial charge in [0.1, 0.15) is 29.6 Å². The Balaban J connectivity index is 1.51. The zero-order valence-electron chi connectivity index (χ0n) is 24.0. The van der Waals surface area contributed by atoms with Crippen molar-refractivity contribution in [2.75, 3.05) is 0 Å². The molecule has 0 saturated carbocycles. The van der Waals surface area contributed by atoms with Crippen LogP contribution in [0.15, 0.2) is 88.1 Å². The van der Waals surface area contributed by atoms with E-state index >= 15 is 0 Å². The molecule has 4 rings (SSSR count). The van der Waals surface area contributed by atoms with E-state index in [4.69, 9.17) is 18.6 Å². The highest BCUT2D eigenvalue weighted by Crippen LogP contribution is 2.26. The van der Waals surface area contributed by atoms with Crippen molar-refractivity contribution in [3.05, 3.63) is 112 Å². The van der Waals surface area contributed by atoms with Crippen LogP contribution in [0.25, 0.3) is 11.0 Å². The Labute approximate surface area is 243 Å². The van der Waals surface area contributed by atoms with Gasteiger partial charge in [-0.2, -0.15) is 0 Å². The maximum absolute atomic E-state index is 13.2. The van der Waals surface area contributed by atoms with Gasteiger partial charge in [0, 0.05) is 23.4 Å². The number of ether oxygens (including phenoxy) is 3. The molecule has 0 aliphatic carbocycles. The maximum Gasteiger partial charge on any atom is 0.408 e. The normalized spacial score (nSPS) is 11.9. The van der Waals surface area contributed by atoms with E-state index in [0.717, 1.165) is 16.7 Å². The van der Waals surface area contributed by atoms with Crippen LogP contribution in [0, 0.1) is 6.92 Å². The Morgan fingerprint density at radius 1 is 0.905 bits per heavy atom. The molecule has 1 heterocycles. The summed E-state index contributed by atoms with van der Waals surface area (Å²) in [5, 5.41) is 3.09. The molecule has 0 fully saturated rings. The number of aryl methyl sites for hydroxylation is 1. The number of esters is 2. The van der Waals surface area contributed by atoms with Crippen LogP contribution >= 0.6 is 0 Å². The molecule has 9 heteroatoms. The number of amides is 1. The van der Waals surface area contributed by atoms with Crippen LogP contribution < -0.4 is 15.7 Å². The first-order chi connectivity index (χ1) is 20.0. The summed E-state index contributed by atoms with van der Waals surface area (Å²) in [6.07, 6.45) is -0.971. The second kappa shape index (κ2) is 13.2. The summed E-state index contributed by atoms with van der Waals surface area (Å²) < 4.78 is 21.6. The Bertz CT molecular complexity index is 1620. The fraction of sp³-hybridized carbons (Fsp3) is 0.273. The van der Waals surface area contributed by atoms with Gasteiger partial charge >= 0.3 is 23.7 Å². The van der Waals surface area contributed by atoms with Gasteiger partial charge in [0.05, 0.1) is 6.42 Å². The fourth-order valence-electron chi connectivity index (χ4n) is 4.24. The predicted molar refractivity (Wildman–Crippen MR) is 156 cm³/mol. The summed E-state index contributed by atoms with van der Waals surface area (Å²) >= 11 is 0. The number of fused-ring (bicyclic) bond motifs is 1. The molecule has 0 radical (unpaired) electrons. The van der Waals surface area contributed by atoms with Gasteiger partial charge in [0.15, 0.2) is 0 Å². The summed E-state index contributed by atoms with van der Waals surface area (Å²) in [5.41, 5.74) is 1.95. The third-order valence-electron chi connectivity index (χ3n) is 6.29. The molecule has 9 nitrogen and oxygen atoms in total. The molecular formula is C33H33NO8. The van der Waals surface area contributed by atoms with Crippen molar-refractivity contribution >= 4 is 29.0 Å². The van der Waals surface area contributed by atoms with E-state index in [1.165, 1.54) is 6.07 Å². The maximum atomic E-state index is 13.2. The van der Waals surface area contributed by atoms with Crippen LogP contribution in [0.1, 0.15) is 49.4 Å². The van der Waals surface area contributed by atoms with Gasteiger partial charge in [0.2, 0.25) is 0 Å². The Morgan fingerprint density at radius 2 is 1.55 bits per heavy atom. The predicted octanol–water partition coefficient (Wildman–Crippen LogP) is 5.62. The number of carbonyl (C=O) groups is 3. The standard InChI is InChI=1S/C33H33NO8/c1-21-25-16-15-24(18-28(25)41-30(36)26(21)17-22-11-7-5-8-12-22)40-31(37)27(34-32(38)42-33(2,3)4)19-29(35)39-20-23-13-9-6-10-14-23/h5-16,18,27H,17,19-20H2,1-4H3,(H,34,38)/t27-/m1/s1. The van der Waals surface area contributed by atoms with Gasteiger partial charge in [-0.1, -0.05) is 60.7 Å². The van der Waals surface area contributed by atoms with Crippen LogP contribution in [0.5, 0.6) is 5.75 Å². The molecule has 1 amide bonds. The first kappa shape index (κ1) is 30.0. The summed E-state index contributed by atoms with van der Waals surface area (Å²) in [5.74, 6) is -1.57. The number of rotatable bonds is 9. The van der Waals surface area contributed by atoms with Crippen molar-refractivity contribution < 1.29 is 33.0 Å². The lowest BCUT2D eigenvalue weighted by Crippen LogP contribution is -2.46. The third kappa shape index (κ3) is 8.30. The highest BCUT2D eigenvalue weighted by molar-refractivity contribution is 5.88. The topological polar surface area (TPSA) is 121 Å². The van der Waals surface area contributed by atoms with E-state index in [9.17, 15) is 19.2 Å². The van der Waals surface area contributed by atoms with Crippen molar-refractivity contribution in [2.24, 2.45) is 0 Å². The van der Waals surface area contributed by atoms with E-state index in [1.807, 2.05) is 55.5 Å². The summed E-state index contributed by atoms with van der Waals surface area (Å²) in [4.78, 5) is 51.0. The van der Waals surface area contributed by atoms with E-state index in [2.05, 4.69) is 5.32 Å². The molecule has 4 aromatic rings. The van der Waals surface area contributed by atoms with Crippen LogP contribution in [0.4, 0.5) is 4.79 Å². The van der Waals surface area contributed by atoms with Gasteiger partial charge in [-0.3, -0.25) is 4.79 Å². The number of benzene rings is 3. The van der Waals surface area contributed by atoms with Crippen LogP contribution in [0.3, 0.4) is 0 Å². The molecule has 0 spiro atoms. The lowest BCUT2D eigenvalue weighted by atomic mass is 10.00. The van der Waals surface area contributed by atoms with Crippen molar-refractivity contribution in [1.29, 1.82) is 0 Å². The lowest BCUT2D eigenvalue weighted by molar-refractivity contribution is -0.149. The largest absolute Gasteiger partial charge is 0.461 e. The average Bonchev–Trinajstić information content (AvgIpc) is 2.94. The molecule has 0 saturated heterocycles. The SMILES string of the molecule is Cc1c(Cc2ccccc2)c(=O)oc2cc(OC(=O)[C@@H](CC(=O)OCc3ccccc3)NC(=O)OC(C)(C)C)ccc12. The first-order valence-electron chi connectivity index (χ1n) is 13.5. The van der Waals surface area contributed by atoms with E-state index in [-0.39, 0.29) is 17.9 Å².